The summed E-state index contributed by atoms with van der Waals surface area (Å²) < 4.78 is 0. The van der Waals surface area contributed by atoms with Crippen molar-refractivity contribution in [3.05, 3.63) is 0 Å². The van der Waals surface area contributed by atoms with Gasteiger partial charge in [0, 0.05) is 24.2 Å². The molecule has 1 N–H and O–H groups in total. The Labute approximate surface area is 81.7 Å². The molecule has 0 aliphatic carbocycles. The van der Waals surface area contributed by atoms with E-state index >= 15 is 0 Å². The molecule has 2 aliphatic heterocycles. The first kappa shape index (κ1) is 9.47. The number of hydrogen-bond acceptors (Lipinski definition) is 2. The molecule has 2 heterocycles. The van der Waals surface area contributed by atoms with Crippen LogP contribution in [0.2, 0.25) is 0 Å². The van der Waals surface area contributed by atoms with E-state index in [2.05, 4.69) is 37.9 Å². The summed E-state index contributed by atoms with van der Waals surface area (Å²) in [5.74, 6) is 0.881. The van der Waals surface area contributed by atoms with E-state index in [0.717, 1.165) is 5.92 Å². The fraction of sp³-hybridized carbons (Fsp3) is 1.00. The van der Waals surface area contributed by atoms with Gasteiger partial charge in [-0.3, -0.25) is 4.90 Å². The van der Waals surface area contributed by atoms with Crippen LogP contribution < -0.4 is 5.32 Å². The summed E-state index contributed by atoms with van der Waals surface area (Å²) in [6.07, 6.45) is 1.36. The molecular weight excluding hydrogens is 160 g/mol. The van der Waals surface area contributed by atoms with Gasteiger partial charge in [-0.1, -0.05) is 0 Å². The molecule has 0 saturated carbocycles. The third kappa shape index (κ3) is 1.50. The molecule has 76 valence electrons. The van der Waals surface area contributed by atoms with E-state index in [0.29, 0.717) is 11.1 Å². The minimum absolute atomic E-state index is 0.342. The Morgan fingerprint density at radius 1 is 1.38 bits per heavy atom. The van der Waals surface area contributed by atoms with Gasteiger partial charge < -0.3 is 5.32 Å². The predicted octanol–water partition coefficient (Wildman–Crippen LogP) is 1.47. The van der Waals surface area contributed by atoms with Crippen molar-refractivity contribution in [2.45, 2.75) is 45.2 Å². The largest absolute Gasteiger partial charge is 0.310 e. The van der Waals surface area contributed by atoms with Crippen molar-refractivity contribution in [3.63, 3.8) is 0 Å². The van der Waals surface area contributed by atoms with Crippen LogP contribution in [0.4, 0.5) is 0 Å². The lowest BCUT2D eigenvalue weighted by atomic mass is 9.91. The average molecular weight is 182 g/mol. The fourth-order valence-electron chi connectivity index (χ4n) is 2.71. The Bertz CT molecular complexity index is 207. The number of nitrogens with one attached hydrogen (secondary N) is 1. The Morgan fingerprint density at radius 2 is 2.08 bits per heavy atom. The summed E-state index contributed by atoms with van der Waals surface area (Å²) in [5.41, 5.74) is 0.752. The van der Waals surface area contributed by atoms with Gasteiger partial charge in [-0.05, 0) is 46.6 Å². The second-order valence-corrected chi connectivity index (χ2v) is 5.88. The number of hydrogen-bond donors (Lipinski definition) is 1. The van der Waals surface area contributed by atoms with Crippen molar-refractivity contribution >= 4 is 0 Å². The van der Waals surface area contributed by atoms with Gasteiger partial charge in [0.25, 0.3) is 0 Å². The first-order valence-electron chi connectivity index (χ1n) is 5.42. The van der Waals surface area contributed by atoms with Gasteiger partial charge in [0.2, 0.25) is 0 Å². The zero-order valence-electron chi connectivity index (χ0n) is 9.35. The highest BCUT2D eigenvalue weighted by Gasteiger charge is 2.47. The van der Waals surface area contributed by atoms with Crippen LogP contribution in [-0.4, -0.2) is 35.6 Å². The van der Waals surface area contributed by atoms with Crippen LogP contribution in [0.1, 0.15) is 34.1 Å². The van der Waals surface area contributed by atoms with Crippen molar-refractivity contribution in [1.29, 1.82) is 0 Å². The van der Waals surface area contributed by atoms with Gasteiger partial charge in [0.15, 0.2) is 0 Å². The zero-order chi connectivity index (χ0) is 9.69. The van der Waals surface area contributed by atoms with Crippen LogP contribution in [0, 0.1) is 5.92 Å². The second kappa shape index (κ2) is 2.71. The smallest absolute Gasteiger partial charge is 0.0321 e. The number of rotatable bonds is 0. The summed E-state index contributed by atoms with van der Waals surface area (Å²) in [4.78, 5) is 2.61. The topological polar surface area (TPSA) is 15.3 Å². The molecule has 0 amide bonds. The second-order valence-electron chi connectivity index (χ2n) is 5.88. The molecule has 0 aromatic carbocycles. The molecule has 2 aliphatic rings. The quantitative estimate of drug-likeness (QED) is 0.610. The summed E-state index contributed by atoms with van der Waals surface area (Å²) in [6, 6.07) is 0. The minimum Gasteiger partial charge on any atom is -0.310 e. The van der Waals surface area contributed by atoms with Crippen LogP contribution in [0.25, 0.3) is 0 Å². The first-order chi connectivity index (χ1) is 5.92. The Balaban J connectivity index is 2.10. The van der Waals surface area contributed by atoms with Crippen LogP contribution in [0.5, 0.6) is 0 Å². The van der Waals surface area contributed by atoms with E-state index in [1.807, 2.05) is 0 Å². The van der Waals surface area contributed by atoms with Gasteiger partial charge in [0.05, 0.1) is 0 Å². The van der Waals surface area contributed by atoms with Crippen molar-refractivity contribution in [2.75, 3.05) is 19.6 Å². The molecule has 2 atom stereocenters. The molecule has 0 radical (unpaired) electrons. The maximum Gasteiger partial charge on any atom is 0.0321 e. The maximum atomic E-state index is 3.66. The summed E-state index contributed by atoms with van der Waals surface area (Å²) in [6.45, 7) is 13.1. The Morgan fingerprint density at radius 3 is 2.62 bits per heavy atom. The van der Waals surface area contributed by atoms with Crippen LogP contribution in [-0.2, 0) is 0 Å². The molecule has 2 rings (SSSR count). The summed E-state index contributed by atoms with van der Waals surface area (Å²) in [7, 11) is 0. The van der Waals surface area contributed by atoms with Gasteiger partial charge in [0.1, 0.15) is 0 Å². The fourth-order valence-corrected chi connectivity index (χ4v) is 2.71. The van der Waals surface area contributed by atoms with E-state index < -0.39 is 0 Å². The number of likely N-dealkylation sites (tertiary alicyclic amines) is 1. The van der Waals surface area contributed by atoms with Crippen LogP contribution in [0.3, 0.4) is 0 Å². The lowest BCUT2D eigenvalue weighted by molar-refractivity contribution is 0.157. The lowest BCUT2D eigenvalue weighted by Gasteiger charge is -2.33. The van der Waals surface area contributed by atoms with E-state index in [1.54, 1.807) is 0 Å². The van der Waals surface area contributed by atoms with Gasteiger partial charge in [-0.2, -0.15) is 0 Å². The average Bonchev–Trinajstić information content (AvgIpc) is 2.39. The molecular formula is C11H22N2. The lowest BCUT2D eigenvalue weighted by Crippen LogP contribution is -2.47. The van der Waals surface area contributed by atoms with E-state index in [4.69, 9.17) is 0 Å². The van der Waals surface area contributed by atoms with Gasteiger partial charge in [-0.15, -0.1) is 0 Å². The maximum absolute atomic E-state index is 3.66. The third-order valence-corrected chi connectivity index (χ3v) is 3.83. The van der Waals surface area contributed by atoms with Gasteiger partial charge in [-0.25, -0.2) is 0 Å². The van der Waals surface area contributed by atoms with Crippen molar-refractivity contribution in [3.8, 4) is 0 Å². The van der Waals surface area contributed by atoms with E-state index in [-0.39, 0.29) is 0 Å². The van der Waals surface area contributed by atoms with E-state index in [9.17, 15) is 0 Å². The molecule has 2 fully saturated rings. The standard InChI is InChI=1S/C11H22N2/c1-10(2,3)13-7-9-5-6-12-11(9,4)8-13/h9,12H,5-8H2,1-4H3. The van der Waals surface area contributed by atoms with Crippen LogP contribution >= 0.6 is 0 Å². The molecule has 0 aromatic heterocycles. The summed E-state index contributed by atoms with van der Waals surface area (Å²) >= 11 is 0. The molecule has 13 heavy (non-hydrogen) atoms. The highest BCUT2D eigenvalue weighted by atomic mass is 15.3. The third-order valence-electron chi connectivity index (χ3n) is 3.83. The SMILES string of the molecule is CC12CN(C(C)(C)C)CC1CCN2. The normalized spacial score (nSPS) is 41.1. The van der Waals surface area contributed by atoms with E-state index in [1.165, 1.54) is 26.1 Å². The molecule has 0 aromatic rings. The van der Waals surface area contributed by atoms with Crippen molar-refractivity contribution in [2.24, 2.45) is 5.92 Å². The van der Waals surface area contributed by atoms with Crippen molar-refractivity contribution in [1.82, 2.24) is 10.2 Å². The highest BCUT2D eigenvalue weighted by molar-refractivity contribution is 5.06. The molecule has 2 nitrogen and oxygen atoms in total. The zero-order valence-corrected chi connectivity index (χ0v) is 9.35. The molecule has 0 bridgehead atoms. The monoisotopic (exact) mass is 182 g/mol. The molecule has 2 saturated heterocycles. The van der Waals surface area contributed by atoms with Crippen LogP contribution in [0.15, 0.2) is 0 Å². The molecule has 2 heteroatoms. The predicted molar refractivity (Wildman–Crippen MR) is 55.8 cm³/mol. The Kier molecular flexibility index (Phi) is 1.97. The number of nitrogens with zero attached hydrogens (tertiary/aromatic N) is 1. The molecule has 0 spiro atoms. The minimum atomic E-state index is 0.342. The molecule has 2 unspecified atom stereocenters. The summed E-state index contributed by atoms with van der Waals surface area (Å²) in [5, 5.41) is 3.66. The first-order valence-corrected chi connectivity index (χ1v) is 5.42. The highest BCUT2D eigenvalue weighted by Crippen LogP contribution is 2.37. The van der Waals surface area contributed by atoms with Crippen molar-refractivity contribution < 1.29 is 0 Å². The van der Waals surface area contributed by atoms with Gasteiger partial charge >= 0.3 is 0 Å². The Hall–Kier alpha value is -0.0800. The number of fused-ring (bicyclic) bond motifs is 1.